The number of nitrogens with one attached hydrogen (secondary N) is 1. The van der Waals surface area contributed by atoms with Crippen molar-refractivity contribution in [1.82, 2.24) is 4.98 Å². The van der Waals surface area contributed by atoms with Crippen LogP contribution in [-0.4, -0.2) is 4.98 Å². The molecular formula is C14H12Br2N2. The van der Waals surface area contributed by atoms with Crippen LogP contribution in [0.15, 0.2) is 45.6 Å². The molecule has 0 aliphatic heterocycles. The molecular weight excluding hydrogens is 356 g/mol. The van der Waals surface area contributed by atoms with Gasteiger partial charge in [0.25, 0.3) is 0 Å². The van der Waals surface area contributed by atoms with E-state index in [1.54, 1.807) is 6.20 Å². The Balaban J connectivity index is 1.90. The van der Waals surface area contributed by atoms with Crippen molar-refractivity contribution >= 4 is 37.5 Å². The quantitative estimate of drug-likeness (QED) is 0.777. The molecule has 0 spiro atoms. The van der Waals surface area contributed by atoms with Crippen molar-refractivity contribution < 1.29 is 0 Å². The third-order valence-corrected chi connectivity index (χ3v) is 4.68. The minimum atomic E-state index is 0.373. The fourth-order valence-corrected chi connectivity index (χ4v) is 3.39. The Morgan fingerprint density at radius 1 is 1.17 bits per heavy atom. The maximum Gasteiger partial charge on any atom is 0.129 e. The minimum absolute atomic E-state index is 0.373. The van der Waals surface area contributed by atoms with Crippen molar-refractivity contribution in [3.63, 3.8) is 0 Å². The molecule has 3 rings (SSSR count). The summed E-state index contributed by atoms with van der Waals surface area (Å²) in [6, 6.07) is 10.8. The molecule has 1 aromatic heterocycles. The standard InChI is InChI=1S/C14H12Br2N2/c15-11-4-1-3-10-9(11)6-7-12(10)18-13-5-2-8-17-14(13)16/h1-5,8,12,18H,6-7H2. The number of fused-ring (bicyclic) bond motifs is 1. The molecule has 0 radical (unpaired) electrons. The number of hydrogen-bond donors (Lipinski definition) is 1. The molecule has 0 saturated heterocycles. The average molecular weight is 368 g/mol. The highest BCUT2D eigenvalue weighted by atomic mass is 79.9. The molecule has 0 amide bonds. The predicted molar refractivity (Wildman–Crippen MR) is 80.8 cm³/mol. The summed E-state index contributed by atoms with van der Waals surface area (Å²) in [5.41, 5.74) is 3.87. The van der Waals surface area contributed by atoms with Crippen LogP contribution in [0.5, 0.6) is 0 Å². The molecule has 0 saturated carbocycles. The lowest BCUT2D eigenvalue weighted by molar-refractivity contribution is 0.760. The first-order valence-electron chi connectivity index (χ1n) is 5.90. The average Bonchev–Trinajstić information content (AvgIpc) is 2.77. The van der Waals surface area contributed by atoms with Gasteiger partial charge in [-0.25, -0.2) is 4.98 Å². The van der Waals surface area contributed by atoms with Gasteiger partial charge >= 0.3 is 0 Å². The summed E-state index contributed by atoms with van der Waals surface area (Å²) in [6.45, 7) is 0. The van der Waals surface area contributed by atoms with Crippen LogP contribution >= 0.6 is 31.9 Å². The van der Waals surface area contributed by atoms with Crippen molar-refractivity contribution in [2.75, 3.05) is 5.32 Å². The molecule has 1 atom stereocenters. The van der Waals surface area contributed by atoms with Gasteiger partial charge in [0.2, 0.25) is 0 Å². The van der Waals surface area contributed by atoms with E-state index in [-0.39, 0.29) is 0 Å². The molecule has 2 nitrogen and oxygen atoms in total. The van der Waals surface area contributed by atoms with Crippen LogP contribution in [0, 0.1) is 0 Å². The SMILES string of the molecule is Brc1cccc2c1CCC2Nc1cccnc1Br. The summed E-state index contributed by atoms with van der Waals surface area (Å²) < 4.78 is 2.09. The molecule has 2 aromatic rings. The first-order valence-corrected chi connectivity index (χ1v) is 7.48. The third kappa shape index (κ3) is 2.19. The van der Waals surface area contributed by atoms with E-state index < -0.39 is 0 Å². The Hall–Kier alpha value is -0.870. The zero-order valence-electron chi connectivity index (χ0n) is 9.66. The maximum absolute atomic E-state index is 4.24. The van der Waals surface area contributed by atoms with E-state index in [4.69, 9.17) is 0 Å². The topological polar surface area (TPSA) is 24.9 Å². The van der Waals surface area contributed by atoms with Gasteiger partial charge in [0.05, 0.1) is 11.7 Å². The number of aromatic nitrogens is 1. The van der Waals surface area contributed by atoms with Crippen LogP contribution in [0.1, 0.15) is 23.6 Å². The number of pyridine rings is 1. The number of halogens is 2. The first-order chi connectivity index (χ1) is 8.75. The molecule has 92 valence electrons. The van der Waals surface area contributed by atoms with Gasteiger partial charge in [-0.05, 0) is 58.1 Å². The van der Waals surface area contributed by atoms with Crippen LogP contribution < -0.4 is 5.32 Å². The maximum atomic E-state index is 4.24. The third-order valence-electron chi connectivity index (χ3n) is 3.30. The van der Waals surface area contributed by atoms with Gasteiger partial charge in [-0.2, -0.15) is 0 Å². The Labute approximate surface area is 123 Å². The van der Waals surface area contributed by atoms with E-state index >= 15 is 0 Å². The molecule has 1 N–H and O–H groups in total. The molecule has 1 unspecified atom stereocenters. The van der Waals surface area contributed by atoms with Crippen molar-refractivity contribution in [2.45, 2.75) is 18.9 Å². The highest BCUT2D eigenvalue weighted by Crippen LogP contribution is 2.38. The second-order valence-corrected chi connectivity index (χ2v) is 5.99. The monoisotopic (exact) mass is 366 g/mol. The molecule has 0 fully saturated rings. The largest absolute Gasteiger partial charge is 0.376 e. The lowest BCUT2D eigenvalue weighted by atomic mass is 10.1. The number of nitrogens with zero attached hydrogens (tertiary/aromatic N) is 1. The molecule has 0 bridgehead atoms. The van der Waals surface area contributed by atoms with Gasteiger partial charge < -0.3 is 5.32 Å². The lowest BCUT2D eigenvalue weighted by Crippen LogP contribution is -2.07. The number of anilines is 1. The van der Waals surface area contributed by atoms with E-state index in [9.17, 15) is 0 Å². The summed E-state index contributed by atoms with van der Waals surface area (Å²) in [5.74, 6) is 0. The van der Waals surface area contributed by atoms with Crippen LogP contribution in [0.3, 0.4) is 0 Å². The van der Waals surface area contributed by atoms with Crippen molar-refractivity contribution in [1.29, 1.82) is 0 Å². The molecule has 18 heavy (non-hydrogen) atoms. The summed E-state index contributed by atoms with van der Waals surface area (Å²) in [4.78, 5) is 4.24. The second kappa shape index (κ2) is 5.02. The van der Waals surface area contributed by atoms with Crippen molar-refractivity contribution in [3.8, 4) is 0 Å². The summed E-state index contributed by atoms with van der Waals surface area (Å²) in [6.07, 6.45) is 4.03. The van der Waals surface area contributed by atoms with Gasteiger partial charge in [-0.1, -0.05) is 28.1 Å². The minimum Gasteiger partial charge on any atom is -0.376 e. The van der Waals surface area contributed by atoms with Crippen LogP contribution in [0.2, 0.25) is 0 Å². The molecule has 1 aliphatic carbocycles. The van der Waals surface area contributed by atoms with Gasteiger partial charge in [0.15, 0.2) is 0 Å². The molecule has 1 aliphatic rings. The summed E-state index contributed by atoms with van der Waals surface area (Å²) in [7, 11) is 0. The lowest BCUT2D eigenvalue weighted by Gasteiger charge is -2.16. The van der Waals surface area contributed by atoms with E-state index in [2.05, 4.69) is 60.4 Å². The van der Waals surface area contributed by atoms with Crippen molar-refractivity contribution in [3.05, 3.63) is 56.7 Å². The van der Waals surface area contributed by atoms with Crippen LogP contribution in [0.4, 0.5) is 5.69 Å². The second-order valence-electron chi connectivity index (χ2n) is 4.38. The highest BCUT2D eigenvalue weighted by Gasteiger charge is 2.24. The predicted octanol–water partition coefficient (Wildman–Crippen LogP) is 4.71. The van der Waals surface area contributed by atoms with Gasteiger partial charge in [0, 0.05) is 10.7 Å². The first kappa shape index (κ1) is 12.2. The van der Waals surface area contributed by atoms with E-state index in [1.807, 2.05) is 12.1 Å². The fourth-order valence-electron chi connectivity index (χ4n) is 2.44. The van der Waals surface area contributed by atoms with Gasteiger partial charge in [0.1, 0.15) is 4.60 Å². The zero-order chi connectivity index (χ0) is 12.5. The van der Waals surface area contributed by atoms with Crippen LogP contribution in [-0.2, 0) is 6.42 Å². The Bertz CT molecular complexity index is 584. The normalized spacial score (nSPS) is 17.6. The van der Waals surface area contributed by atoms with Gasteiger partial charge in [-0.3, -0.25) is 0 Å². The molecule has 4 heteroatoms. The van der Waals surface area contributed by atoms with Gasteiger partial charge in [-0.15, -0.1) is 0 Å². The molecule has 1 aromatic carbocycles. The van der Waals surface area contributed by atoms with Crippen LogP contribution in [0.25, 0.3) is 0 Å². The summed E-state index contributed by atoms with van der Waals surface area (Å²) >= 11 is 7.10. The smallest absolute Gasteiger partial charge is 0.129 e. The Kier molecular flexibility index (Phi) is 3.39. The van der Waals surface area contributed by atoms with Crippen molar-refractivity contribution in [2.24, 2.45) is 0 Å². The Morgan fingerprint density at radius 3 is 2.89 bits per heavy atom. The molecule has 1 heterocycles. The Morgan fingerprint density at radius 2 is 2.06 bits per heavy atom. The van der Waals surface area contributed by atoms with E-state index in [1.165, 1.54) is 15.6 Å². The van der Waals surface area contributed by atoms with E-state index in [0.29, 0.717) is 6.04 Å². The fraction of sp³-hybridized carbons (Fsp3) is 0.214. The summed E-state index contributed by atoms with van der Waals surface area (Å²) in [5, 5.41) is 3.56. The highest BCUT2D eigenvalue weighted by molar-refractivity contribution is 9.10. The zero-order valence-corrected chi connectivity index (χ0v) is 12.8. The van der Waals surface area contributed by atoms with E-state index in [0.717, 1.165) is 23.1 Å². The number of rotatable bonds is 2. The number of benzene rings is 1. The number of hydrogen-bond acceptors (Lipinski definition) is 2.